The normalized spacial score (nSPS) is 12.3. The first-order chi connectivity index (χ1) is 14.2. The number of carbonyl (C=O) groups is 2. The van der Waals surface area contributed by atoms with Crippen LogP contribution in [0.5, 0.6) is 0 Å². The van der Waals surface area contributed by atoms with E-state index in [1.807, 2.05) is 39.8 Å². The summed E-state index contributed by atoms with van der Waals surface area (Å²) in [6, 6.07) is 11.8. The van der Waals surface area contributed by atoms with Crippen LogP contribution in [0.1, 0.15) is 48.4 Å². The van der Waals surface area contributed by atoms with Gasteiger partial charge in [0.05, 0.1) is 0 Å². The average molecular weight is 427 g/mol. The number of rotatable bonds is 5. The summed E-state index contributed by atoms with van der Waals surface area (Å²) >= 11 is 1.05. The molecule has 156 valence electrons. The Kier molecular flexibility index (Phi) is 6.26. The van der Waals surface area contributed by atoms with Crippen molar-refractivity contribution in [2.45, 2.75) is 39.3 Å². The van der Waals surface area contributed by atoms with Gasteiger partial charge in [-0.2, -0.15) is 0 Å². The molecule has 3 rings (SSSR count). The smallest absolute Gasteiger partial charge is 0.280 e. The van der Waals surface area contributed by atoms with Gasteiger partial charge in [-0.3, -0.25) is 14.5 Å². The van der Waals surface area contributed by atoms with Gasteiger partial charge in [0, 0.05) is 16.6 Å². The molecule has 1 aromatic heterocycles. The summed E-state index contributed by atoms with van der Waals surface area (Å²) in [5.41, 5.74) is 1.63. The third-order valence-electron chi connectivity index (χ3n) is 4.30. The molecule has 30 heavy (non-hydrogen) atoms. The summed E-state index contributed by atoms with van der Waals surface area (Å²) in [5.74, 6) is -1.28. The highest BCUT2D eigenvalue weighted by molar-refractivity contribution is 7.03. The minimum Gasteiger partial charge on any atom is -0.349 e. The predicted octanol–water partition coefficient (Wildman–Crippen LogP) is 4.29. The second-order valence-electron chi connectivity index (χ2n) is 7.99. The van der Waals surface area contributed by atoms with Crippen molar-refractivity contribution >= 4 is 29.0 Å². The van der Waals surface area contributed by atoms with E-state index in [0.717, 1.165) is 17.1 Å². The molecule has 2 amide bonds. The SMILES string of the molecule is Cc1ccc(N(C(=O)c2csnn2)[C@@H](C(=O)NC(C)(C)C)c2ccc(F)cc2)cc1. The van der Waals surface area contributed by atoms with Crippen LogP contribution < -0.4 is 10.2 Å². The van der Waals surface area contributed by atoms with Crippen molar-refractivity contribution < 1.29 is 14.0 Å². The summed E-state index contributed by atoms with van der Waals surface area (Å²) in [6.45, 7) is 7.50. The van der Waals surface area contributed by atoms with Gasteiger partial charge in [-0.05, 0) is 69.1 Å². The van der Waals surface area contributed by atoms with E-state index in [1.54, 1.807) is 12.1 Å². The van der Waals surface area contributed by atoms with Crippen LogP contribution in [0.2, 0.25) is 0 Å². The molecule has 1 atom stereocenters. The molecule has 0 saturated carbocycles. The maximum atomic E-state index is 13.6. The number of aryl methyl sites for hydroxylation is 1. The molecule has 3 aromatic rings. The van der Waals surface area contributed by atoms with Crippen LogP contribution >= 0.6 is 11.5 Å². The lowest BCUT2D eigenvalue weighted by atomic mass is 10.00. The van der Waals surface area contributed by atoms with E-state index in [0.29, 0.717) is 11.3 Å². The van der Waals surface area contributed by atoms with Crippen LogP contribution in [0.25, 0.3) is 0 Å². The molecule has 0 unspecified atom stereocenters. The third kappa shape index (κ3) is 5.07. The zero-order valence-electron chi connectivity index (χ0n) is 17.2. The average Bonchev–Trinajstić information content (AvgIpc) is 3.21. The highest BCUT2D eigenvalue weighted by atomic mass is 32.1. The molecule has 0 aliphatic rings. The predicted molar refractivity (Wildman–Crippen MR) is 115 cm³/mol. The van der Waals surface area contributed by atoms with Crippen LogP contribution in [0.15, 0.2) is 53.9 Å². The van der Waals surface area contributed by atoms with Crippen molar-refractivity contribution in [3.05, 3.63) is 76.5 Å². The van der Waals surface area contributed by atoms with Gasteiger partial charge in [0.2, 0.25) is 5.91 Å². The highest BCUT2D eigenvalue weighted by Gasteiger charge is 2.35. The van der Waals surface area contributed by atoms with Gasteiger partial charge in [0.15, 0.2) is 5.69 Å². The van der Waals surface area contributed by atoms with E-state index < -0.39 is 23.3 Å². The molecule has 0 bridgehead atoms. The molecule has 0 saturated heterocycles. The molecule has 0 spiro atoms. The quantitative estimate of drug-likeness (QED) is 0.660. The van der Waals surface area contributed by atoms with E-state index in [-0.39, 0.29) is 11.6 Å². The van der Waals surface area contributed by atoms with Crippen molar-refractivity contribution in [1.82, 2.24) is 14.9 Å². The molecular weight excluding hydrogens is 403 g/mol. The first kappa shape index (κ1) is 21.6. The number of amides is 2. The Morgan fingerprint density at radius 3 is 2.23 bits per heavy atom. The Bertz CT molecular complexity index is 1010. The molecule has 6 nitrogen and oxygen atoms in total. The zero-order valence-corrected chi connectivity index (χ0v) is 18.0. The van der Waals surface area contributed by atoms with Crippen LogP contribution in [-0.2, 0) is 4.79 Å². The lowest BCUT2D eigenvalue weighted by Crippen LogP contribution is -2.49. The van der Waals surface area contributed by atoms with Crippen molar-refractivity contribution in [1.29, 1.82) is 0 Å². The first-order valence-electron chi connectivity index (χ1n) is 9.40. The Morgan fingerprint density at radius 2 is 1.70 bits per heavy atom. The van der Waals surface area contributed by atoms with Gasteiger partial charge in [-0.15, -0.1) is 5.10 Å². The van der Waals surface area contributed by atoms with Crippen molar-refractivity contribution in [3.63, 3.8) is 0 Å². The number of carbonyl (C=O) groups excluding carboxylic acids is 2. The number of benzene rings is 2. The van der Waals surface area contributed by atoms with Gasteiger partial charge in [0.25, 0.3) is 5.91 Å². The van der Waals surface area contributed by atoms with Crippen LogP contribution in [0.4, 0.5) is 10.1 Å². The van der Waals surface area contributed by atoms with Crippen molar-refractivity contribution in [3.8, 4) is 0 Å². The monoisotopic (exact) mass is 426 g/mol. The minimum absolute atomic E-state index is 0.135. The maximum absolute atomic E-state index is 13.6. The first-order valence-corrected chi connectivity index (χ1v) is 10.2. The summed E-state index contributed by atoms with van der Waals surface area (Å²) in [7, 11) is 0. The standard InChI is InChI=1S/C22H23FN4O2S/c1-14-5-11-17(12-6-14)27(21(29)18-13-30-26-25-18)19(20(28)24-22(2,3)4)15-7-9-16(23)10-8-15/h5-13,19H,1-4H3,(H,24,28)/t19-/m1/s1. The molecule has 1 heterocycles. The minimum atomic E-state index is -1.03. The number of hydrogen-bond donors (Lipinski definition) is 1. The fourth-order valence-electron chi connectivity index (χ4n) is 2.97. The number of nitrogens with one attached hydrogen (secondary N) is 1. The largest absolute Gasteiger partial charge is 0.349 e. The molecule has 2 aromatic carbocycles. The lowest BCUT2D eigenvalue weighted by molar-refractivity contribution is -0.123. The van der Waals surface area contributed by atoms with Crippen LogP contribution in [-0.4, -0.2) is 26.9 Å². The van der Waals surface area contributed by atoms with E-state index in [2.05, 4.69) is 14.9 Å². The molecule has 8 heteroatoms. The molecular formula is C22H23FN4O2S. The second kappa shape index (κ2) is 8.71. The topological polar surface area (TPSA) is 75.2 Å². The molecule has 0 fully saturated rings. The highest BCUT2D eigenvalue weighted by Crippen LogP contribution is 2.30. The Hall–Kier alpha value is -3.13. The van der Waals surface area contributed by atoms with Crippen molar-refractivity contribution in [2.75, 3.05) is 4.90 Å². The number of hydrogen-bond acceptors (Lipinski definition) is 5. The Balaban J connectivity index is 2.16. The fourth-order valence-corrected chi connectivity index (χ4v) is 3.40. The molecule has 1 N–H and O–H groups in total. The third-order valence-corrected chi connectivity index (χ3v) is 4.81. The van der Waals surface area contributed by atoms with Crippen LogP contribution in [0.3, 0.4) is 0 Å². The molecule has 0 aliphatic heterocycles. The summed E-state index contributed by atoms with van der Waals surface area (Å²) in [6.07, 6.45) is 0. The molecule has 0 radical (unpaired) electrons. The second-order valence-corrected chi connectivity index (χ2v) is 8.60. The summed E-state index contributed by atoms with van der Waals surface area (Å²) in [5, 5.41) is 8.36. The number of nitrogens with zero attached hydrogens (tertiary/aromatic N) is 3. The van der Waals surface area contributed by atoms with E-state index in [9.17, 15) is 14.0 Å². The van der Waals surface area contributed by atoms with Gasteiger partial charge in [-0.1, -0.05) is 34.3 Å². The number of aromatic nitrogens is 2. The van der Waals surface area contributed by atoms with Gasteiger partial charge < -0.3 is 5.32 Å². The van der Waals surface area contributed by atoms with E-state index >= 15 is 0 Å². The number of anilines is 1. The number of halogens is 1. The fraction of sp³-hybridized carbons (Fsp3) is 0.273. The molecule has 0 aliphatic carbocycles. The lowest BCUT2D eigenvalue weighted by Gasteiger charge is -2.33. The Labute approximate surface area is 178 Å². The van der Waals surface area contributed by atoms with Gasteiger partial charge in [-0.25, -0.2) is 4.39 Å². The van der Waals surface area contributed by atoms with Gasteiger partial charge >= 0.3 is 0 Å². The van der Waals surface area contributed by atoms with Crippen molar-refractivity contribution in [2.24, 2.45) is 0 Å². The summed E-state index contributed by atoms with van der Waals surface area (Å²) < 4.78 is 17.4. The zero-order chi connectivity index (χ0) is 21.9. The maximum Gasteiger partial charge on any atom is 0.280 e. The summed E-state index contributed by atoms with van der Waals surface area (Å²) in [4.78, 5) is 28.2. The van der Waals surface area contributed by atoms with E-state index in [1.165, 1.54) is 34.5 Å². The Morgan fingerprint density at radius 1 is 1.07 bits per heavy atom. The van der Waals surface area contributed by atoms with Gasteiger partial charge in [0.1, 0.15) is 11.9 Å². The van der Waals surface area contributed by atoms with E-state index in [4.69, 9.17) is 0 Å². The van der Waals surface area contributed by atoms with Crippen LogP contribution in [0, 0.1) is 12.7 Å².